The lowest BCUT2D eigenvalue weighted by Gasteiger charge is -2.18. The van der Waals surface area contributed by atoms with Gasteiger partial charge < -0.3 is 14.2 Å². The number of ether oxygens (including phenoxy) is 3. The van der Waals surface area contributed by atoms with Crippen LogP contribution in [-0.2, 0) is 28.6 Å². The number of hydrogen-bond donors (Lipinski definition) is 0. The summed E-state index contributed by atoms with van der Waals surface area (Å²) in [5.74, 6) is -0.909. The van der Waals surface area contributed by atoms with Gasteiger partial charge in [-0.2, -0.15) is 0 Å². The average molecular weight is 827 g/mol. The number of esters is 3. The first-order valence-corrected chi connectivity index (χ1v) is 25.2. The van der Waals surface area contributed by atoms with E-state index >= 15 is 0 Å². The maximum atomic E-state index is 12.7. The number of hydrogen-bond acceptors (Lipinski definition) is 6. The van der Waals surface area contributed by atoms with E-state index in [1.165, 1.54) is 122 Å². The summed E-state index contributed by atoms with van der Waals surface area (Å²) in [4.78, 5) is 37.8. The molecule has 0 bridgehead atoms. The van der Waals surface area contributed by atoms with Gasteiger partial charge in [0.25, 0.3) is 0 Å². The zero-order valence-electron chi connectivity index (χ0n) is 39.0. The summed E-state index contributed by atoms with van der Waals surface area (Å²) in [5.41, 5.74) is 0. The van der Waals surface area contributed by atoms with Crippen molar-refractivity contribution in [1.29, 1.82) is 0 Å². The maximum absolute atomic E-state index is 12.7. The second-order valence-electron chi connectivity index (χ2n) is 16.8. The fourth-order valence-electron chi connectivity index (χ4n) is 7.08. The van der Waals surface area contributed by atoms with Gasteiger partial charge in [-0.25, -0.2) is 0 Å². The van der Waals surface area contributed by atoms with Crippen LogP contribution in [0.3, 0.4) is 0 Å². The van der Waals surface area contributed by atoms with Crippen molar-refractivity contribution in [3.05, 3.63) is 48.6 Å². The standard InChI is InChI=1S/C53H94O6/c1-4-7-10-13-16-19-22-24-25-26-27-28-30-31-34-37-40-43-46-52(55)58-49-50(48-57-51(54)45-42-39-36-33-21-18-15-12-9-6-3)59-53(56)47-44-41-38-35-32-29-23-20-17-14-11-8-5-2/h8,11,14,17,20,23,27-28,50H,4-7,9-10,12-13,15-16,18-19,21-22,24-26,29-49H2,1-3H3/b11-8-,17-14-,23-20-,28-27-. The summed E-state index contributed by atoms with van der Waals surface area (Å²) < 4.78 is 16.7. The molecule has 0 fully saturated rings. The van der Waals surface area contributed by atoms with Crippen molar-refractivity contribution in [2.45, 2.75) is 258 Å². The van der Waals surface area contributed by atoms with E-state index in [4.69, 9.17) is 14.2 Å². The Morgan fingerprint density at radius 1 is 0.356 bits per heavy atom. The van der Waals surface area contributed by atoms with Crippen LogP contribution >= 0.6 is 0 Å². The Bertz CT molecular complexity index is 1040. The molecule has 342 valence electrons. The summed E-state index contributed by atoms with van der Waals surface area (Å²) in [5, 5.41) is 0. The Morgan fingerprint density at radius 3 is 1.07 bits per heavy atom. The highest BCUT2D eigenvalue weighted by Crippen LogP contribution is 2.15. The van der Waals surface area contributed by atoms with E-state index in [2.05, 4.69) is 69.4 Å². The van der Waals surface area contributed by atoms with Gasteiger partial charge in [-0.3, -0.25) is 14.4 Å². The topological polar surface area (TPSA) is 78.9 Å². The third kappa shape index (κ3) is 46.3. The lowest BCUT2D eigenvalue weighted by molar-refractivity contribution is -0.167. The molecule has 0 aliphatic carbocycles. The molecule has 0 aromatic carbocycles. The highest BCUT2D eigenvalue weighted by molar-refractivity contribution is 5.71. The molecule has 0 aliphatic heterocycles. The minimum absolute atomic E-state index is 0.0825. The minimum Gasteiger partial charge on any atom is -0.462 e. The van der Waals surface area contributed by atoms with E-state index in [1.807, 2.05) is 0 Å². The van der Waals surface area contributed by atoms with Crippen LogP contribution in [0, 0.1) is 0 Å². The molecular formula is C53H94O6. The molecule has 0 radical (unpaired) electrons. The quantitative estimate of drug-likeness (QED) is 0.0200. The predicted molar refractivity (Wildman–Crippen MR) is 252 cm³/mol. The third-order valence-electron chi connectivity index (χ3n) is 10.9. The molecule has 0 amide bonds. The number of carbonyl (C=O) groups is 3. The molecule has 0 aromatic rings. The first-order valence-electron chi connectivity index (χ1n) is 25.2. The van der Waals surface area contributed by atoms with E-state index in [0.717, 1.165) is 89.9 Å². The van der Waals surface area contributed by atoms with Gasteiger partial charge in [0.15, 0.2) is 6.10 Å². The highest BCUT2D eigenvalue weighted by Gasteiger charge is 2.19. The van der Waals surface area contributed by atoms with Crippen molar-refractivity contribution >= 4 is 17.9 Å². The zero-order chi connectivity index (χ0) is 43.0. The molecular weight excluding hydrogens is 733 g/mol. The smallest absolute Gasteiger partial charge is 0.306 e. The second kappa shape index (κ2) is 48.0. The molecule has 0 aromatic heterocycles. The van der Waals surface area contributed by atoms with E-state index in [0.29, 0.717) is 19.3 Å². The van der Waals surface area contributed by atoms with Crippen LogP contribution in [0.25, 0.3) is 0 Å². The molecule has 59 heavy (non-hydrogen) atoms. The fourth-order valence-corrected chi connectivity index (χ4v) is 7.08. The minimum atomic E-state index is -0.783. The highest BCUT2D eigenvalue weighted by atomic mass is 16.6. The Hall–Kier alpha value is -2.63. The van der Waals surface area contributed by atoms with E-state index in [-0.39, 0.29) is 31.1 Å². The molecule has 0 heterocycles. The molecule has 1 atom stereocenters. The van der Waals surface area contributed by atoms with Crippen LogP contribution in [0.2, 0.25) is 0 Å². The normalized spacial score (nSPS) is 12.4. The molecule has 6 nitrogen and oxygen atoms in total. The van der Waals surface area contributed by atoms with Crippen molar-refractivity contribution < 1.29 is 28.6 Å². The summed E-state index contributed by atoms with van der Waals surface area (Å²) in [7, 11) is 0. The number of carbonyl (C=O) groups excluding carboxylic acids is 3. The van der Waals surface area contributed by atoms with E-state index in [9.17, 15) is 14.4 Å². The molecule has 6 heteroatoms. The Kier molecular flexibility index (Phi) is 45.9. The first-order chi connectivity index (χ1) is 29.0. The van der Waals surface area contributed by atoms with Gasteiger partial charge in [-0.15, -0.1) is 0 Å². The Morgan fingerprint density at radius 2 is 0.678 bits per heavy atom. The Balaban J connectivity index is 4.34. The molecule has 0 N–H and O–H groups in total. The van der Waals surface area contributed by atoms with Crippen molar-refractivity contribution in [2.75, 3.05) is 13.2 Å². The summed E-state index contributed by atoms with van der Waals surface area (Å²) in [6.07, 6.45) is 56.7. The molecule has 0 rings (SSSR count). The monoisotopic (exact) mass is 827 g/mol. The van der Waals surface area contributed by atoms with Crippen LogP contribution < -0.4 is 0 Å². The summed E-state index contributed by atoms with van der Waals surface area (Å²) in [6, 6.07) is 0. The Labute approximate surface area is 365 Å². The van der Waals surface area contributed by atoms with Gasteiger partial charge in [0, 0.05) is 19.3 Å². The van der Waals surface area contributed by atoms with Crippen LogP contribution in [0.1, 0.15) is 252 Å². The number of rotatable bonds is 45. The van der Waals surface area contributed by atoms with Crippen LogP contribution in [0.15, 0.2) is 48.6 Å². The summed E-state index contributed by atoms with van der Waals surface area (Å²) >= 11 is 0. The second-order valence-corrected chi connectivity index (χ2v) is 16.8. The summed E-state index contributed by atoms with van der Waals surface area (Å²) in [6.45, 7) is 6.48. The third-order valence-corrected chi connectivity index (χ3v) is 10.9. The molecule has 1 unspecified atom stereocenters. The molecule has 0 saturated carbocycles. The van der Waals surface area contributed by atoms with Gasteiger partial charge in [0.2, 0.25) is 0 Å². The maximum Gasteiger partial charge on any atom is 0.306 e. The van der Waals surface area contributed by atoms with Crippen molar-refractivity contribution in [3.8, 4) is 0 Å². The largest absolute Gasteiger partial charge is 0.462 e. The van der Waals surface area contributed by atoms with Crippen molar-refractivity contribution in [2.24, 2.45) is 0 Å². The lowest BCUT2D eigenvalue weighted by atomic mass is 10.1. The molecule has 0 saturated heterocycles. The first kappa shape index (κ1) is 56.4. The average Bonchev–Trinajstić information content (AvgIpc) is 3.23. The van der Waals surface area contributed by atoms with Crippen LogP contribution in [0.4, 0.5) is 0 Å². The van der Waals surface area contributed by atoms with Gasteiger partial charge in [-0.05, 0) is 64.2 Å². The molecule has 0 spiro atoms. The van der Waals surface area contributed by atoms with Crippen molar-refractivity contribution in [1.82, 2.24) is 0 Å². The van der Waals surface area contributed by atoms with E-state index < -0.39 is 6.10 Å². The molecule has 0 aliphatic rings. The van der Waals surface area contributed by atoms with E-state index in [1.54, 1.807) is 0 Å². The lowest BCUT2D eigenvalue weighted by Crippen LogP contribution is -2.30. The number of allylic oxidation sites excluding steroid dienone is 8. The van der Waals surface area contributed by atoms with Crippen LogP contribution in [0.5, 0.6) is 0 Å². The van der Waals surface area contributed by atoms with Crippen molar-refractivity contribution in [3.63, 3.8) is 0 Å². The van der Waals surface area contributed by atoms with Gasteiger partial charge >= 0.3 is 17.9 Å². The van der Waals surface area contributed by atoms with Gasteiger partial charge in [0.05, 0.1) is 0 Å². The van der Waals surface area contributed by atoms with Gasteiger partial charge in [0.1, 0.15) is 13.2 Å². The number of unbranched alkanes of at least 4 members (excludes halogenated alkanes) is 28. The predicted octanol–water partition coefficient (Wildman–Crippen LogP) is 16.3. The fraction of sp³-hybridized carbons (Fsp3) is 0.792. The van der Waals surface area contributed by atoms with Crippen LogP contribution in [-0.4, -0.2) is 37.2 Å². The zero-order valence-corrected chi connectivity index (χ0v) is 39.0. The SMILES string of the molecule is CC\C=C/C=C\C=C/CCCCCCCC(=O)OC(COC(=O)CCCCCCC/C=C\CCCCCCCCCCC)COC(=O)CCCCCCCCCCCC. The van der Waals surface area contributed by atoms with Gasteiger partial charge in [-0.1, -0.05) is 217 Å².